The van der Waals surface area contributed by atoms with E-state index in [0.29, 0.717) is 28.8 Å². The van der Waals surface area contributed by atoms with Gasteiger partial charge in [0, 0.05) is 31.5 Å². The molecule has 0 bridgehead atoms. The molecule has 0 fully saturated rings. The number of carbonyl (C=O) groups excluding carboxylic acids is 1. The Morgan fingerprint density at radius 3 is 2.41 bits per heavy atom. The van der Waals surface area contributed by atoms with Gasteiger partial charge in [-0.05, 0) is 60.0 Å². The number of benzene rings is 2. The maximum atomic E-state index is 13.2. The molecule has 0 atom stereocenters. The fourth-order valence-corrected chi connectivity index (χ4v) is 3.83. The van der Waals surface area contributed by atoms with Crippen LogP contribution in [-0.4, -0.2) is 31.1 Å². The Kier molecular flexibility index (Phi) is 6.09. The number of hydrogen-bond acceptors (Lipinski definition) is 5. The van der Waals surface area contributed by atoms with Gasteiger partial charge in [-0.25, -0.2) is 9.59 Å². The van der Waals surface area contributed by atoms with Crippen LogP contribution in [0.15, 0.2) is 70.5 Å². The minimum atomic E-state index is -1.04. The van der Waals surface area contributed by atoms with Gasteiger partial charge >= 0.3 is 11.7 Å². The lowest BCUT2D eigenvalue weighted by molar-refractivity contribution is 0.0695. The molecule has 0 aliphatic carbocycles. The van der Waals surface area contributed by atoms with Gasteiger partial charge in [0.2, 0.25) is 0 Å². The average molecular weight is 458 g/mol. The van der Waals surface area contributed by atoms with Crippen molar-refractivity contribution in [1.82, 2.24) is 19.4 Å². The lowest BCUT2D eigenvalue weighted by atomic mass is 10.1. The van der Waals surface area contributed by atoms with Crippen LogP contribution in [0.4, 0.5) is 0 Å². The third-order valence-corrected chi connectivity index (χ3v) is 5.68. The molecule has 2 heterocycles. The molecule has 2 aromatic carbocycles. The number of carboxylic acids is 1. The second-order valence-electron chi connectivity index (χ2n) is 7.96. The number of nitrogens with zero attached hydrogens (tertiary/aromatic N) is 3. The van der Waals surface area contributed by atoms with E-state index in [9.17, 15) is 24.3 Å². The summed E-state index contributed by atoms with van der Waals surface area (Å²) in [6, 6.07) is 12.9. The number of rotatable bonds is 6. The maximum Gasteiger partial charge on any atom is 0.335 e. The van der Waals surface area contributed by atoms with Gasteiger partial charge in [-0.2, -0.15) is 0 Å². The van der Waals surface area contributed by atoms with Gasteiger partial charge in [0.05, 0.1) is 23.0 Å². The molecule has 1 amide bonds. The summed E-state index contributed by atoms with van der Waals surface area (Å²) in [4.78, 5) is 54.0. The van der Waals surface area contributed by atoms with E-state index in [1.54, 1.807) is 62.8 Å². The van der Waals surface area contributed by atoms with Crippen LogP contribution in [0.3, 0.4) is 0 Å². The molecule has 9 nitrogen and oxygen atoms in total. The Balaban J connectivity index is 1.69. The fourth-order valence-electron chi connectivity index (χ4n) is 3.83. The maximum absolute atomic E-state index is 13.2. The van der Waals surface area contributed by atoms with E-state index in [1.807, 2.05) is 0 Å². The summed E-state index contributed by atoms with van der Waals surface area (Å²) in [6.07, 6.45) is 3.27. The predicted octanol–water partition coefficient (Wildman–Crippen LogP) is 2.08. The highest BCUT2D eigenvalue weighted by Gasteiger charge is 2.15. The molecule has 0 aliphatic heterocycles. The minimum absolute atomic E-state index is 0.0271. The number of aromatic carboxylic acids is 1. The van der Waals surface area contributed by atoms with Gasteiger partial charge in [-0.15, -0.1) is 0 Å². The first-order valence-corrected chi connectivity index (χ1v) is 10.5. The van der Waals surface area contributed by atoms with E-state index < -0.39 is 17.2 Å². The van der Waals surface area contributed by atoms with Gasteiger partial charge in [0.25, 0.3) is 11.5 Å². The monoisotopic (exact) mass is 458 g/mol. The molecule has 2 N–H and O–H groups in total. The first kappa shape index (κ1) is 22.7. The molecule has 0 saturated heterocycles. The molecule has 0 aliphatic rings. The molecular formula is C25H22N4O5. The summed E-state index contributed by atoms with van der Waals surface area (Å²) < 4.78 is 2.43. The van der Waals surface area contributed by atoms with Gasteiger partial charge in [0.15, 0.2) is 0 Å². The molecule has 4 rings (SSSR count). The van der Waals surface area contributed by atoms with Crippen molar-refractivity contribution in [2.24, 2.45) is 7.05 Å². The highest BCUT2D eigenvalue weighted by molar-refractivity contribution is 5.97. The van der Waals surface area contributed by atoms with Gasteiger partial charge in [-0.1, -0.05) is 12.1 Å². The number of nitrogens with one attached hydrogen (secondary N) is 1. The van der Waals surface area contributed by atoms with Crippen molar-refractivity contribution in [1.29, 1.82) is 0 Å². The number of carboxylic acid groups (broad SMARTS) is 1. The normalized spacial score (nSPS) is 10.9. The molecule has 0 unspecified atom stereocenters. The number of amides is 1. The molecule has 4 aromatic rings. The summed E-state index contributed by atoms with van der Waals surface area (Å²) in [6.45, 7) is 1.94. The first-order valence-electron chi connectivity index (χ1n) is 10.5. The lowest BCUT2D eigenvalue weighted by Gasteiger charge is -2.13. The Morgan fingerprint density at radius 1 is 1.00 bits per heavy atom. The van der Waals surface area contributed by atoms with Crippen molar-refractivity contribution in [3.8, 4) is 0 Å². The Bertz CT molecular complexity index is 1540. The number of carbonyl (C=O) groups is 2. The SMILES string of the molecule is Cc1cc(Cn2c(=O)c3cc(C(=O)NCc4ccncc4)ccc3n(C)c2=O)ccc1C(=O)O. The zero-order chi connectivity index (χ0) is 24.4. The second-order valence-corrected chi connectivity index (χ2v) is 7.96. The lowest BCUT2D eigenvalue weighted by Crippen LogP contribution is -2.39. The zero-order valence-electron chi connectivity index (χ0n) is 18.6. The van der Waals surface area contributed by atoms with E-state index in [-0.39, 0.29) is 23.4 Å². The molecule has 0 spiro atoms. The number of fused-ring (bicyclic) bond motifs is 1. The van der Waals surface area contributed by atoms with E-state index in [0.717, 1.165) is 10.1 Å². The van der Waals surface area contributed by atoms with E-state index in [1.165, 1.54) is 16.7 Å². The van der Waals surface area contributed by atoms with Crippen LogP contribution in [0, 0.1) is 6.92 Å². The van der Waals surface area contributed by atoms with Crippen molar-refractivity contribution in [2.45, 2.75) is 20.0 Å². The fraction of sp³-hybridized carbons (Fsp3) is 0.160. The molecule has 0 radical (unpaired) electrons. The van der Waals surface area contributed by atoms with Crippen molar-refractivity contribution in [2.75, 3.05) is 0 Å². The molecule has 2 aromatic heterocycles. The van der Waals surface area contributed by atoms with Gasteiger partial charge < -0.3 is 10.4 Å². The van der Waals surface area contributed by atoms with Crippen molar-refractivity contribution in [3.05, 3.63) is 110 Å². The Hall–Kier alpha value is -4.53. The Labute approximate surface area is 193 Å². The van der Waals surface area contributed by atoms with E-state index in [2.05, 4.69) is 10.3 Å². The molecular weight excluding hydrogens is 436 g/mol. The van der Waals surface area contributed by atoms with Crippen LogP contribution >= 0.6 is 0 Å². The first-order chi connectivity index (χ1) is 16.3. The van der Waals surface area contributed by atoms with Crippen molar-refractivity contribution < 1.29 is 14.7 Å². The number of pyridine rings is 1. The zero-order valence-corrected chi connectivity index (χ0v) is 18.6. The van der Waals surface area contributed by atoms with Crippen LogP contribution in [0.5, 0.6) is 0 Å². The number of aryl methyl sites for hydroxylation is 2. The topological polar surface area (TPSA) is 123 Å². The number of aromatic nitrogens is 3. The predicted molar refractivity (Wildman–Crippen MR) is 126 cm³/mol. The smallest absolute Gasteiger partial charge is 0.335 e. The third kappa shape index (κ3) is 4.36. The Morgan fingerprint density at radius 2 is 1.74 bits per heavy atom. The van der Waals surface area contributed by atoms with Crippen molar-refractivity contribution in [3.63, 3.8) is 0 Å². The van der Waals surface area contributed by atoms with Gasteiger partial charge in [0.1, 0.15) is 0 Å². The highest BCUT2D eigenvalue weighted by Crippen LogP contribution is 2.14. The van der Waals surface area contributed by atoms with Gasteiger partial charge in [-0.3, -0.25) is 23.7 Å². The largest absolute Gasteiger partial charge is 0.478 e. The highest BCUT2D eigenvalue weighted by atomic mass is 16.4. The average Bonchev–Trinajstić information content (AvgIpc) is 2.84. The molecule has 0 saturated carbocycles. The van der Waals surface area contributed by atoms with Crippen molar-refractivity contribution >= 4 is 22.8 Å². The van der Waals surface area contributed by atoms with Crippen LogP contribution in [0.1, 0.15) is 37.4 Å². The second kappa shape index (κ2) is 9.14. The van der Waals surface area contributed by atoms with E-state index in [4.69, 9.17) is 0 Å². The summed E-state index contributed by atoms with van der Waals surface area (Å²) in [5.41, 5.74) is 1.87. The number of hydrogen-bond donors (Lipinski definition) is 2. The van der Waals surface area contributed by atoms with E-state index >= 15 is 0 Å². The van der Waals surface area contributed by atoms with Crippen LogP contribution in [-0.2, 0) is 20.1 Å². The quantitative estimate of drug-likeness (QED) is 0.456. The molecule has 34 heavy (non-hydrogen) atoms. The third-order valence-electron chi connectivity index (χ3n) is 5.68. The summed E-state index contributed by atoms with van der Waals surface area (Å²) >= 11 is 0. The van der Waals surface area contributed by atoms with Crippen LogP contribution in [0.25, 0.3) is 10.9 Å². The molecule has 9 heteroatoms. The summed E-state index contributed by atoms with van der Waals surface area (Å²) in [7, 11) is 1.56. The van der Waals surface area contributed by atoms with Crippen LogP contribution < -0.4 is 16.6 Å². The minimum Gasteiger partial charge on any atom is -0.478 e. The standard InChI is InChI=1S/C25H22N4O5/c1-15-11-17(3-5-19(15)24(32)33)14-29-23(31)20-12-18(4-6-21(20)28(2)25(29)34)22(30)27-13-16-7-9-26-10-8-16/h3-12H,13-14H2,1-2H3,(H,27,30)(H,32,33). The molecule has 172 valence electrons. The van der Waals surface area contributed by atoms with Crippen LogP contribution in [0.2, 0.25) is 0 Å². The summed E-state index contributed by atoms with van der Waals surface area (Å²) in [5, 5.41) is 12.3. The summed E-state index contributed by atoms with van der Waals surface area (Å²) in [5.74, 6) is -1.39.